The highest BCUT2D eigenvalue weighted by Gasteiger charge is 2.30. The standard InChI is InChI=1S/C16H20N6O4/c1-2-25-14(23)10-19-16(24)22-7-3-4-11(22)8-13-20-15(26-21-13)12-9-17-5-6-18-12/h5-6,9,11H,2-4,7-8,10H2,1H3,(H,19,24). The molecule has 2 amide bonds. The Balaban J connectivity index is 1.58. The van der Waals surface area contributed by atoms with E-state index in [0.29, 0.717) is 30.4 Å². The van der Waals surface area contributed by atoms with Crippen LogP contribution in [0.15, 0.2) is 23.1 Å². The Kier molecular flexibility index (Phi) is 5.72. The molecule has 0 aliphatic carbocycles. The average Bonchev–Trinajstić information content (AvgIpc) is 3.31. The number of urea groups is 1. The van der Waals surface area contributed by atoms with Crippen molar-refractivity contribution in [1.29, 1.82) is 0 Å². The third kappa shape index (κ3) is 4.32. The fraction of sp³-hybridized carbons (Fsp3) is 0.500. The van der Waals surface area contributed by atoms with E-state index in [1.165, 1.54) is 0 Å². The van der Waals surface area contributed by atoms with E-state index < -0.39 is 5.97 Å². The highest BCUT2D eigenvalue weighted by molar-refractivity contribution is 5.81. The first-order valence-electron chi connectivity index (χ1n) is 8.46. The molecule has 26 heavy (non-hydrogen) atoms. The van der Waals surface area contributed by atoms with Crippen molar-refractivity contribution in [2.24, 2.45) is 0 Å². The van der Waals surface area contributed by atoms with Crippen LogP contribution >= 0.6 is 0 Å². The number of nitrogens with one attached hydrogen (secondary N) is 1. The van der Waals surface area contributed by atoms with Crippen LogP contribution in [0.3, 0.4) is 0 Å². The van der Waals surface area contributed by atoms with Crippen LogP contribution in [0.4, 0.5) is 4.79 Å². The molecule has 1 aliphatic rings. The second-order valence-corrected chi connectivity index (χ2v) is 5.76. The zero-order valence-electron chi connectivity index (χ0n) is 14.4. The zero-order valence-corrected chi connectivity index (χ0v) is 14.4. The maximum atomic E-state index is 12.3. The van der Waals surface area contributed by atoms with E-state index >= 15 is 0 Å². The Morgan fingerprint density at radius 3 is 3.08 bits per heavy atom. The lowest BCUT2D eigenvalue weighted by Crippen LogP contribution is -2.45. The highest BCUT2D eigenvalue weighted by Crippen LogP contribution is 2.21. The number of rotatable bonds is 6. The number of carbonyl (C=O) groups is 2. The van der Waals surface area contributed by atoms with Gasteiger partial charge >= 0.3 is 12.0 Å². The van der Waals surface area contributed by atoms with Gasteiger partial charge in [0.05, 0.1) is 12.8 Å². The van der Waals surface area contributed by atoms with Crippen LogP contribution in [0.25, 0.3) is 11.6 Å². The number of amides is 2. The maximum absolute atomic E-state index is 12.3. The molecule has 0 aromatic carbocycles. The summed E-state index contributed by atoms with van der Waals surface area (Å²) in [6.07, 6.45) is 6.84. The minimum atomic E-state index is -0.455. The van der Waals surface area contributed by atoms with Crippen LogP contribution in [0, 0.1) is 0 Å². The molecule has 10 nitrogen and oxygen atoms in total. The first-order valence-corrected chi connectivity index (χ1v) is 8.46. The van der Waals surface area contributed by atoms with Crippen molar-refractivity contribution in [3.05, 3.63) is 24.4 Å². The summed E-state index contributed by atoms with van der Waals surface area (Å²) in [7, 11) is 0. The fourth-order valence-electron chi connectivity index (χ4n) is 2.84. The minimum Gasteiger partial charge on any atom is -0.465 e. The first kappa shape index (κ1) is 17.8. The highest BCUT2D eigenvalue weighted by atomic mass is 16.5. The molecule has 3 rings (SSSR count). The monoisotopic (exact) mass is 360 g/mol. The summed E-state index contributed by atoms with van der Waals surface area (Å²) in [6, 6.07) is -0.345. The smallest absolute Gasteiger partial charge is 0.325 e. The van der Waals surface area contributed by atoms with Gasteiger partial charge in [0.2, 0.25) is 0 Å². The Bertz CT molecular complexity index is 750. The van der Waals surface area contributed by atoms with Crippen molar-refractivity contribution in [2.45, 2.75) is 32.2 Å². The van der Waals surface area contributed by atoms with E-state index in [1.54, 1.807) is 30.4 Å². The molecule has 0 saturated carbocycles. The molecule has 2 aromatic heterocycles. The molecular formula is C16H20N6O4. The number of ether oxygens (including phenoxy) is 1. The Hall–Kier alpha value is -3.04. The van der Waals surface area contributed by atoms with Gasteiger partial charge in [-0.1, -0.05) is 5.16 Å². The van der Waals surface area contributed by atoms with Gasteiger partial charge in [0.1, 0.15) is 12.2 Å². The predicted octanol–water partition coefficient (Wildman–Crippen LogP) is 0.806. The Morgan fingerprint density at radius 1 is 1.42 bits per heavy atom. The molecule has 1 fully saturated rings. The molecule has 2 aromatic rings. The van der Waals surface area contributed by atoms with Gasteiger partial charge in [-0.25, -0.2) is 9.78 Å². The van der Waals surface area contributed by atoms with E-state index in [4.69, 9.17) is 9.26 Å². The average molecular weight is 360 g/mol. The fourth-order valence-corrected chi connectivity index (χ4v) is 2.84. The van der Waals surface area contributed by atoms with Gasteiger partial charge in [0.25, 0.3) is 5.89 Å². The number of esters is 1. The first-order chi connectivity index (χ1) is 12.7. The molecule has 138 valence electrons. The molecule has 10 heteroatoms. The van der Waals surface area contributed by atoms with Crippen LogP contribution in [0.5, 0.6) is 0 Å². The van der Waals surface area contributed by atoms with Crippen LogP contribution in [-0.2, 0) is 16.0 Å². The molecule has 0 bridgehead atoms. The molecule has 3 heterocycles. The second-order valence-electron chi connectivity index (χ2n) is 5.76. The van der Waals surface area contributed by atoms with Gasteiger partial charge in [-0.05, 0) is 19.8 Å². The summed E-state index contributed by atoms with van der Waals surface area (Å²) in [5.74, 6) is 0.341. The van der Waals surface area contributed by atoms with E-state index in [2.05, 4.69) is 25.4 Å². The summed E-state index contributed by atoms with van der Waals surface area (Å²) in [4.78, 5) is 37.8. The number of hydrogen-bond donors (Lipinski definition) is 1. The van der Waals surface area contributed by atoms with Crippen LogP contribution < -0.4 is 5.32 Å². The van der Waals surface area contributed by atoms with Crippen molar-refractivity contribution in [3.63, 3.8) is 0 Å². The lowest BCUT2D eigenvalue weighted by molar-refractivity contribution is -0.141. The van der Waals surface area contributed by atoms with Gasteiger partial charge in [-0.2, -0.15) is 4.98 Å². The molecular weight excluding hydrogens is 340 g/mol. The molecule has 1 atom stereocenters. The number of carbonyl (C=O) groups excluding carboxylic acids is 2. The third-order valence-electron chi connectivity index (χ3n) is 4.00. The normalized spacial score (nSPS) is 16.5. The van der Waals surface area contributed by atoms with Crippen LogP contribution in [0.1, 0.15) is 25.6 Å². The summed E-state index contributed by atoms with van der Waals surface area (Å²) >= 11 is 0. The van der Waals surface area contributed by atoms with Gasteiger partial charge in [0.15, 0.2) is 5.82 Å². The summed E-state index contributed by atoms with van der Waals surface area (Å²) in [6.45, 7) is 2.48. The summed E-state index contributed by atoms with van der Waals surface area (Å²) in [5.41, 5.74) is 0.502. The Morgan fingerprint density at radius 2 is 2.31 bits per heavy atom. The van der Waals surface area contributed by atoms with Crippen molar-refractivity contribution < 1.29 is 18.8 Å². The van der Waals surface area contributed by atoms with Crippen molar-refractivity contribution >= 4 is 12.0 Å². The maximum Gasteiger partial charge on any atom is 0.325 e. The van der Waals surface area contributed by atoms with Crippen LogP contribution in [-0.4, -0.2) is 62.7 Å². The third-order valence-corrected chi connectivity index (χ3v) is 4.00. The van der Waals surface area contributed by atoms with E-state index in [-0.39, 0.29) is 25.2 Å². The van der Waals surface area contributed by atoms with Crippen molar-refractivity contribution in [1.82, 2.24) is 30.3 Å². The summed E-state index contributed by atoms with van der Waals surface area (Å²) in [5, 5.41) is 6.55. The van der Waals surface area contributed by atoms with Crippen molar-refractivity contribution in [3.8, 4) is 11.6 Å². The lowest BCUT2D eigenvalue weighted by Gasteiger charge is -2.23. The van der Waals surface area contributed by atoms with E-state index in [9.17, 15) is 9.59 Å². The molecule has 0 radical (unpaired) electrons. The zero-order chi connectivity index (χ0) is 18.4. The molecule has 1 aliphatic heterocycles. The minimum absolute atomic E-state index is 0.0514. The van der Waals surface area contributed by atoms with Gasteiger partial charge in [0, 0.05) is 31.4 Å². The predicted molar refractivity (Wildman–Crippen MR) is 88.8 cm³/mol. The van der Waals surface area contributed by atoms with E-state index in [1.807, 2.05) is 0 Å². The van der Waals surface area contributed by atoms with Gasteiger partial charge < -0.3 is 19.5 Å². The molecule has 1 saturated heterocycles. The van der Waals surface area contributed by atoms with Crippen molar-refractivity contribution in [2.75, 3.05) is 19.7 Å². The topological polar surface area (TPSA) is 123 Å². The second kappa shape index (κ2) is 8.37. The summed E-state index contributed by atoms with van der Waals surface area (Å²) < 4.78 is 10.0. The lowest BCUT2D eigenvalue weighted by atomic mass is 10.1. The number of hydrogen-bond acceptors (Lipinski definition) is 8. The number of aromatic nitrogens is 4. The van der Waals surface area contributed by atoms with E-state index in [0.717, 1.165) is 12.8 Å². The number of likely N-dealkylation sites (tertiary alicyclic amines) is 1. The van der Waals surface area contributed by atoms with Crippen LogP contribution in [0.2, 0.25) is 0 Å². The quantitative estimate of drug-likeness (QED) is 0.751. The SMILES string of the molecule is CCOC(=O)CNC(=O)N1CCCC1Cc1noc(-c2cnccn2)n1. The van der Waals surface area contributed by atoms with Gasteiger partial charge in [-0.15, -0.1) is 0 Å². The molecule has 0 spiro atoms. The largest absolute Gasteiger partial charge is 0.465 e. The number of nitrogens with zero attached hydrogens (tertiary/aromatic N) is 5. The Labute approximate surface area is 150 Å². The molecule has 1 unspecified atom stereocenters. The van der Waals surface area contributed by atoms with Gasteiger partial charge in [-0.3, -0.25) is 9.78 Å². The molecule has 1 N–H and O–H groups in total.